The molecule has 3 heterocycles. The van der Waals surface area contributed by atoms with Crippen LogP contribution in [0.2, 0.25) is 10.0 Å². The zero-order valence-corrected chi connectivity index (χ0v) is 21.6. The Morgan fingerprint density at radius 2 is 1.81 bits per heavy atom. The Labute approximate surface area is 219 Å². The summed E-state index contributed by atoms with van der Waals surface area (Å²) in [5, 5.41) is 19.4. The third-order valence-electron chi connectivity index (χ3n) is 6.90. The van der Waals surface area contributed by atoms with Crippen LogP contribution in [0.1, 0.15) is 25.3 Å². The minimum Gasteiger partial charge on any atom is -0.480 e. The van der Waals surface area contributed by atoms with Crippen LogP contribution in [-0.2, 0) is 4.79 Å². The van der Waals surface area contributed by atoms with Gasteiger partial charge in [0.05, 0.1) is 10.6 Å². The van der Waals surface area contributed by atoms with Crippen molar-refractivity contribution in [3.8, 4) is 22.4 Å². The lowest BCUT2D eigenvalue weighted by molar-refractivity contribution is -0.145. The van der Waals surface area contributed by atoms with Crippen LogP contribution in [0.15, 0.2) is 54.7 Å². The van der Waals surface area contributed by atoms with Gasteiger partial charge in [0.15, 0.2) is 5.65 Å². The Bertz CT molecular complexity index is 1430. The van der Waals surface area contributed by atoms with Crippen LogP contribution < -0.4 is 10.2 Å². The molecule has 4 aromatic rings. The molecule has 2 aromatic heterocycles. The summed E-state index contributed by atoms with van der Waals surface area (Å²) < 4.78 is 1.87. The first-order chi connectivity index (χ1) is 17.3. The first-order valence-corrected chi connectivity index (χ1v) is 12.7. The van der Waals surface area contributed by atoms with Crippen molar-refractivity contribution in [3.05, 3.63) is 70.3 Å². The minimum atomic E-state index is -0.910. The summed E-state index contributed by atoms with van der Waals surface area (Å²) in [4.78, 5) is 19.1. The van der Waals surface area contributed by atoms with Crippen molar-refractivity contribution in [2.24, 2.45) is 0 Å². The highest BCUT2D eigenvalue weighted by atomic mass is 35.5. The molecule has 2 aromatic carbocycles. The summed E-state index contributed by atoms with van der Waals surface area (Å²) >= 11 is 12.8. The number of carboxylic acid groups (broad SMARTS) is 1. The number of benzene rings is 2. The van der Waals surface area contributed by atoms with Crippen molar-refractivity contribution in [2.45, 2.75) is 32.2 Å². The number of fused-ring (bicyclic) bond motifs is 1. The van der Waals surface area contributed by atoms with Gasteiger partial charge in [-0.2, -0.15) is 9.61 Å². The molecule has 0 bridgehead atoms. The van der Waals surface area contributed by atoms with E-state index in [4.69, 9.17) is 33.3 Å². The van der Waals surface area contributed by atoms with Crippen molar-refractivity contribution in [3.63, 3.8) is 0 Å². The number of aryl methyl sites for hydroxylation is 1. The van der Waals surface area contributed by atoms with E-state index in [2.05, 4.69) is 10.2 Å². The number of nitrogens with one attached hydrogen (secondary N) is 1. The number of hydrogen-bond acceptors (Lipinski definition) is 5. The van der Waals surface area contributed by atoms with E-state index in [1.165, 1.54) is 0 Å². The van der Waals surface area contributed by atoms with Crippen molar-refractivity contribution in [2.75, 3.05) is 24.5 Å². The molecule has 36 heavy (non-hydrogen) atoms. The number of aliphatic carboxylic acids is 1. The van der Waals surface area contributed by atoms with E-state index in [0.29, 0.717) is 48.2 Å². The molecular weight excluding hydrogens is 497 g/mol. The molecule has 0 unspecified atom stereocenters. The summed E-state index contributed by atoms with van der Waals surface area (Å²) in [5.41, 5.74) is 4.10. The summed E-state index contributed by atoms with van der Waals surface area (Å²) in [6.45, 7) is 5.71. The summed E-state index contributed by atoms with van der Waals surface area (Å²) in [6.07, 6.45) is 2.83. The first kappa shape index (κ1) is 24.6. The fourth-order valence-corrected chi connectivity index (χ4v) is 5.42. The standard InChI is InChI=1S/C27H27Cl2N5O2/c1-3-31-27(26(35)36)12-14-33(15-13-27)25-17(2)16-30-24-22(18-8-10-19(28)11-9-18)23(32-34(24)25)20-6-4-5-7-21(20)29/h4-11,16,31H,3,12-15H2,1-2H3,(H,35,36). The van der Waals surface area contributed by atoms with Crippen LogP contribution in [0.5, 0.6) is 0 Å². The van der Waals surface area contributed by atoms with Crippen molar-refractivity contribution in [1.82, 2.24) is 19.9 Å². The lowest BCUT2D eigenvalue weighted by Crippen LogP contribution is -2.58. The number of carboxylic acids is 1. The van der Waals surface area contributed by atoms with Crippen LogP contribution in [0.3, 0.4) is 0 Å². The van der Waals surface area contributed by atoms with Gasteiger partial charge < -0.3 is 15.3 Å². The Morgan fingerprint density at radius 3 is 2.44 bits per heavy atom. The molecule has 7 nitrogen and oxygen atoms in total. The number of nitrogens with zero attached hydrogens (tertiary/aromatic N) is 4. The molecule has 1 fully saturated rings. The van der Waals surface area contributed by atoms with Gasteiger partial charge in [-0.1, -0.05) is 60.5 Å². The van der Waals surface area contributed by atoms with Gasteiger partial charge in [0.1, 0.15) is 17.1 Å². The maximum atomic E-state index is 12.1. The van der Waals surface area contributed by atoms with Gasteiger partial charge >= 0.3 is 5.97 Å². The molecule has 0 aliphatic carbocycles. The SMILES string of the molecule is CCNC1(C(=O)O)CCN(c2c(C)cnc3c(-c4ccc(Cl)cc4)c(-c4ccccc4Cl)nn23)CC1. The highest BCUT2D eigenvalue weighted by Gasteiger charge is 2.41. The Balaban J connectivity index is 1.67. The fourth-order valence-electron chi connectivity index (χ4n) is 5.07. The van der Waals surface area contributed by atoms with E-state index in [1.54, 1.807) is 0 Å². The predicted octanol–water partition coefficient (Wildman–Crippen LogP) is 5.71. The van der Waals surface area contributed by atoms with Crippen LogP contribution in [0.4, 0.5) is 5.82 Å². The van der Waals surface area contributed by atoms with Crippen molar-refractivity contribution < 1.29 is 9.90 Å². The molecule has 9 heteroatoms. The lowest BCUT2D eigenvalue weighted by Gasteiger charge is -2.40. The van der Waals surface area contributed by atoms with Crippen LogP contribution in [0.25, 0.3) is 28.0 Å². The molecular formula is C27H27Cl2N5O2. The topological polar surface area (TPSA) is 82.8 Å². The summed E-state index contributed by atoms with van der Waals surface area (Å²) in [6, 6.07) is 15.2. The fraction of sp³-hybridized carbons (Fsp3) is 0.296. The van der Waals surface area contributed by atoms with Gasteiger partial charge in [-0.25, -0.2) is 4.98 Å². The summed E-state index contributed by atoms with van der Waals surface area (Å²) in [7, 11) is 0. The molecule has 0 atom stereocenters. The smallest absolute Gasteiger partial charge is 0.324 e. The van der Waals surface area contributed by atoms with Gasteiger partial charge in [-0.15, -0.1) is 0 Å². The Morgan fingerprint density at radius 1 is 1.11 bits per heavy atom. The van der Waals surface area contributed by atoms with E-state index in [9.17, 15) is 9.90 Å². The molecule has 5 rings (SSSR count). The highest BCUT2D eigenvalue weighted by molar-refractivity contribution is 6.33. The first-order valence-electron chi connectivity index (χ1n) is 12.0. The minimum absolute atomic E-state index is 0.488. The zero-order valence-electron chi connectivity index (χ0n) is 20.1. The van der Waals surface area contributed by atoms with Crippen LogP contribution >= 0.6 is 23.2 Å². The van der Waals surface area contributed by atoms with Crippen LogP contribution in [0, 0.1) is 6.92 Å². The maximum Gasteiger partial charge on any atom is 0.324 e. The maximum absolute atomic E-state index is 12.1. The second-order valence-electron chi connectivity index (χ2n) is 9.12. The van der Waals surface area contributed by atoms with Gasteiger partial charge in [-0.05, 0) is 50.1 Å². The normalized spacial score (nSPS) is 15.4. The van der Waals surface area contributed by atoms with Gasteiger partial charge in [0, 0.05) is 35.4 Å². The third kappa shape index (κ3) is 4.21. The average Bonchev–Trinajstić information content (AvgIpc) is 3.24. The lowest BCUT2D eigenvalue weighted by atomic mass is 9.87. The molecule has 0 spiro atoms. The quantitative estimate of drug-likeness (QED) is 0.336. The van der Waals surface area contributed by atoms with Crippen molar-refractivity contribution in [1.29, 1.82) is 0 Å². The number of anilines is 1. The molecule has 1 aliphatic heterocycles. The number of halogens is 2. The Kier molecular flexibility index (Phi) is 6.64. The van der Waals surface area contributed by atoms with E-state index >= 15 is 0 Å². The number of hydrogen-bond donors (Lipinski definition) is 2. The molecule has 2 N–H and O–H groups in total. The molecule has 0 radical (unpaired) electrons. The molecule has 0 amide bonds. The van der Waals surface area contributed by atoms with Crippen LogP contribution in [-0.4, -0.2) is 50.8 Å². The molecule has 0 saturated carbocycles. The number of aromatic nitrogens is 3. The third-order valence-corrected chi connectivity index (χ3v) is 7.48. The number of likely N-dealkylation sites (N-methyl/N-ethyl adjacent to an activating group) is 1. The number of piperidine rings is 1. The van der Waals surface area contributed by atoms with E-state index in [-0.39, 0.29) is 0 Å². The Hall–Kier alpha value is -3.13. The monoisotopic (exact) mass is 523 g/mol. The van der Waals surface area contributed by atoms with E-state index in [1.807, 2.05) is 73.1 Å². The van der Waals surface area contributed by atoms with E-state index in [0.717, 1.165) is 33.8 Å². The zero-order chi connectivity index (χ0) is 25.4. The largest absolute Gasteiger partial charge is 0.480 e. The van der Waals surface area contributed by atoms with Gasteiger partial charge in [-0.3, -0.25) is 4.79 Å². The number of rotatable bonds is 6. The van der Waals surface area contributed by atoms with E-state index < -0.39 is 11.5 Å². The second kappa shape index (κ2) is 9.73. The average molecular weight is 524 g/mol. The molecule has 1 aliphatic rings. The summed E-state index contributed by atoms with van der Waals surface area (Å²) in [5.74, 6) is 0.106. The number of carbonyl (C=O) groups is 1. The van der Waals surface area contributed by atoms with Crippen molar-refractivity contribution >= 4 is 40.6 Å². The molecule has 1 saturated heterocycles. The van der Waals surface area contributed by atoms with Gasteiger partial charge in [0.25, 0.3) is 0 Å². The molecule has 186 valence electrons. The highest BCUT2D eigenvalue weighted by Crippen LogP contribution is 2.40. The predicted molar refractivity (Wildman–Crippen MR) is 144 cm³/mol. The van der Waals surface area contributed by atoms with Gasteiger partial charge in [0.2, 0.25) is 0 Å². The second-order valence-corrected chi connectivity index (χ2v) is 9.96.